The molecule has 2 heterocycles. The van der Waals surface area contributed by atoms with E-state index < -0.39 is 68.2 Å². The number of anilines is 1. The molecule has 3 aromatic rings. The van der Waals surface area contributed by atoms with E-state index in [0.29, 0.717) is 5.56 Å². The number of hydrogen-bond acceptors (Lipinski definition) is 14. The Hall–Kier alpha value is -4.15. The molecule has 0 radical (unpaired) electrons. The van der Waals surface area contributed by atoms with Crippen LogP contribution in [0.1, 0.15) is 65.3 Å². The maximum atomic E-state index is 14.3. The fraction of sp³-hybridized carbons (Fsp3) is 0.486. The molecule has 1 saturated heterocycles. The van der Waals surface area contributed by atoms with Crippen molar-refractivity contribution >= 4 is 25.5 Å². The van der Waals surface area contributed by atoms with Crippen LogP contribution in [0.2, 0.25) is 0 Å². The van der Waals surface area contributed by atoms with Crippen LogP contribution in [0, 0.1) is 0 Å². The van der Waals surface area contributed by atoms with Gasteiger partial charge >= 0.3 is 25.4 Å². The molecule has 17 heteroatoms. The Morgan fingerprint density at radius 3 is 2.37 bits per heavy atom. The summed E-state index contributed by atoms with van der Waals surface area (Å²) in [5.41, 5.74) is 1.13. The van der Waals surface area contributed by atoms with Gasteiger partial charge in [0.05, 0.1) is 25.4 Å². The summed E-state index contributed by atoms with van der Waals surface area (Å²) in [7, 11) is -4.50. The van der Waals surface area contributed by atoms with E-state index >= 15 is 0 Å². The number of benzene rings is 2. The average Bonchev–Trinajstić information content (AvgIpc) is 3.30. The smallest absolute Gasteiger partial charge is 0.459 e. The first-order valence-corrected chi connectivity index (χ1v) is 18.4. The van der Waals surface area contributed by atoms with Gasteiger partial charge in [-0.25, -0.2) is 14.8 Å². The Labute approximate surface area is 301 Å². The van der Waals surface area contributed by atoms with Crippen molar-refractivity contribution in [1.29, 1.82) is 0 Å². The van der Waals surface area contributed by atoms with Crippen molar-refractivity contribution in [3.8, 4) is 5.75 Å². The lowest BCUT2D eigenvalue weighted by Gasteiger charge is -2.27. The standard InChI is InChI=1S/C35H47N4O12P/c1-22(2)48-30(40)17-16-26-14-10-11-15-27(26)51-52(45,38-24(5)32(42)49-23(3)4)47-21-28-31(41)35(6,44)33(50-28)39-19-18-29(36-34(39)43)37-46-20-25-12-8-7-9-13-25/h7-15,18-19,22-24,28,31,33,41,44H,16-17,20-21H2,1-6H3,(H,38,45)(H,36,37,43)/t24-,28+,31?,33+,35?,52?/m0/s1. The molecule has 284 valence electrons. The molecule has 1 aliphatic heterocycles. The number of carbonyl (C=O) groups is 2. The molecule has 1 fully saturated rings. The van der Waals surface area contributed by atoms with Gasteiger partial charge in [0.15, 0.2) is 12.0 Å². The summed E-state index contributed by atoms with van der Waals surface area (Å²) in [6.07, 6.45) is -3.68. The van der Waals surface area contributed by atoms with Crippen LogP contribution in [0.3, 0.4) is 0 Å². The predicted octanol–water partition coefficient (Wildman–Crippen LogP) is 3.81. The summed E-state index contributed by atoms with van der Waals surface area (Å²) in [4.78, 5) is 47.3. The van der Waals surface area contributed by atoms with Crippen LogP contribution in [0.25, 0.3) is 0 Å². The number of rotatable bonds is 18. The highest BCUT2D eigenvalue weighted by atomic mass is 31.2. The second kappa shape index (κ2) is 18.1. The first kappa shape index (κ1) is 40.6. The second-order valence-electron chi connectivity index (χ2n) is 12.9. The molecule has 1 aromatic heterocycles. The van der Waals surface area contributed by atoms with Gasteiger partial charge in [0, 0.05) is 12.6 Å². The molecule has 52 heavy (non-hydrogen) atoms. The first-order chi connectivity index (χ1) is 24.6. The molecule has 6 atom stereocenters. The Morgan fingerprint density at radius 1 is 1.02 bits per heavy atom. The zero-order valence-corrected chi connectivity index (χ0v) is 30.9. The Kier molecular flexibility index (Phi) is 14.1. The zero-order valence-electron chi connectivity index (χ0n) is 30.0. The predicted molar refractivity (Wildman–Crippen MR) is 188 cm³/mol. The average molecular weight is 747 g/mol. The number of carbonyl (C=O) groups excluding carboxylic acids is 2. The molecular formula is C35H47N4O12P. The van der Waals surface area contributed by atoms with Crippen LogP contribution >= 0.6 is 7.75 Å². The summed E-state index contributed by atoms with van der Waals surface area (Å²) in [6, 6.07) is 16.1. The highest BCUT2D eigenvalue weighted by Crippen LogP contribution is 2.48. The molecular weight excluding hydrogens is 699 g/mol. The fourth-order valence-electron chi connectivity index (χ4n) is 5.17. The third kappa shape index (κ3) is 11.2. The number of para-hydroxylation sites is 1. The molecule has 1 aliphatic rings. The van der Waals surface area contributed by atoms with E-state index in [1.807, 2.05) is 30.3 Å². The van der Waals surface area contributed by atoms with Crippen molar-refractivity contribution in [1.82, 2.24) is 14.6 Å². The van der Waals surface area contributed by atoms with E-state index in [4.69, 9.17) is 28.1 Å². The highest BCUT2D eigenvalue weighted by Gasteiger charge is 2.54. The van der Waals surface area contributed by atoms with E-state index in [9.17, 15) is 29.2 Å². The first-order valence-electron chi connectivity index (χ1n) is 16.8. The van der Waals surface area contributed by atoms with Crippen LogP contribution in [-0.2, 0) is 50.8 Å². The van der Waals surface area contributed by atoms with E-state index in [1.165, 1.54) is 32.2 Å². The number of aliphatic hydroxyl groups is 2. The van der Waals surface area contributed by atoms with Gasteiger partial charge in [-0.15, -0.1) is 0 Å². The fourth-order valence-corrected chi connectivity index (χ4v) is 6.71. The molecule has 0 saturated carbocycles. The summed E-state index contributed by atoms with van der Waals surface area (Å²) < 4.78 is 43.3. The van der Waals surface area contributed by atoms with E-state index in [-0.39, 0.29) is 37.1 Å². The van der Waals surface area contributed by atoms with Crippen molar-refractivity contribution in [2.75, 3.05) is 12.1 Å². The minimum Gasteiger partial charge on any atom is -0.463 e. The van der Waals surface area contributed by atoms with Gasteiger partial charge in [0.1, 0.15) is 29.6 Å². The van der Waals surface area contributed by atoms with Gasteiger partial charge in [-0.3, -0.25) is 23.5 Å². The van der Waals surface area contributed by atoms with Gasteiger partial charge in [0.2, 0.25) is 0 Å². The summed E-state index contributed by atoms with van der Waals surface area (Å²) in [6.45, 7) is 9.04. The highest BCUT2D eigenvalue weighted by molar-refractivity contribution is 7.52. The normalized spacial score (nSPS) is 21.8. The van der Waals surface area contributed by atoms with Crippen molar-refractivity contribution in [2.45, 2.75) is 103 Å². The van der Waals surface area contributed by atoms with Crippen molar-refractivity contribution in [2.24, 2.45) is 0 Å². The zero-order chi connectivity index (χ0) is 38.1. The summed E-state index contributed by atoms with van der Waals surface area (Å²) in [5.74, 6) is -0.973. The number of hydrogen-bond donors (Lipinski definition) is 4. The van der Waals surface area contributed by atoms with Gasteiger partial charge in [-0.1, -0.05) is 48.5 Å². The van der Waals surface area contributed by atoms with E-state index in [0.717, 1.165) is 10.1 Å². The van der Waals surface area contributed by atoms with Gasteiger partial charge < -0.3 is 28.9 Å². The molecule has 0 bridgehead atoms. The van der Waals surface area contributed by atoms with Crippen LogP contribution in [0.4, 0.5) is 5.82 Å². The number of nitrogens with zero attached hydrogens (tertiary/aromatic N) is 2. The van der Waals surface area contributed by atoms with Crippen molar-refractivity contribution in [3.63, 3.8) is 0 Å². The van der Waals surface area contributed by atoms with Crippen LogP contribution in [0.5, 0.6) is 5.75 Å². The number of nitrogens with one attached hydrogen (secondary N) is 2. The monoisotopic (exact) mass is 746 g/mol. The van der Waals surface area contributed by atoms with E-state index in [2.05, 4.69) is 15.6 Å². The molecule has 16 nitrogen and oxygen atoms in total. The molecule has 0 amide bonds. The lowest BCUT2D eigenvalue weighted by Crippen LogP contribution is -2.46. The molecule has 4 rings (SSSR count). The van der Waals surface area contributed by atoms with Gasteiger partial charge in [-0.2, -0.15) is 10.1 Å². The number of aromatic nitrogens is 2. The minimum atomic E-state index is -4.50. The van der Waals surface area contributed by atoms with E-state index in [1.54, 1.807) is 45.9 Å². The number of esters is 2. The van der Waals surface area contributed by atoms with Crippen LogP contribution < -0.4 is 20.8 Å². The molecule has 2 aromatic carbocycles. The number of aryl methyl sites for hydroxylation is 1. The third-order valence-electron chi connectivity index (χ3n) is 7.72. The molecule has 3 unspecified atom stereocenters. The molecule has 0 spiro atoms. The Morgan fingerprint density at radius 2 is 1.69 bits per heavy atom. The lowest BCUT2D eigenvalue weighted by molar-refractivity contribution is -0.149. The maximum Gasteiger partial charge on any atom is 0.459 e. The quantitative estimate of drug-likeness (QED) is 0.0830. The number of aliphatic hydroxyl groups excluding tert-OH is 1. The second-order valence-corrected chi connectivity index (χ2v) is 14.6. The Bertz CT molecular complexity index is 1750. The summed E-state index contributed by atoms with van der Waals surface area (Å²) >= 11 is 0. The molecule has 0 aliphatic carbocycles. The van der Waals surface area contributed by atoms with Gasteiger partial charge in [-0.05, 0) is 71.2 Å². The Balaban J connectivity index is 1.49. The van der Waals surface area contributed by atoms with Crippen molar-refractivity contribution in [3.05, 3.63) is 88.5 Å². The van der Waals surface area contributed by atoms with Crippen LogP contribution in [0.15, 0.2) is 71.7 Å². The minimum absolute atomic E-state index is 0.0127. The third-order valence-corrected chi connectivity index (χ3v) is 9.35. The van der Waals surface area contributed by atoms with Crippen molar-refractivity contribution < 1.29 is 52.5 Å². The summed E-state index contributed by atoms with van der Waals surface area (Å²) in [5, 5.41) is 25.0. The van der Waals surface area contributed by atoms with Gasteiger partial charge in [0.25, 0.3) is 0 Å². The lowest BCUT2D eigenvalue weighted by atomic mass is 9.96. The SMILES string of the molecule is CC(C)OC(=O)CCc1ccccc1OP(=O)(N[C@@H](C)C(=O)OC(C)C)OC[C@H]1O[C@@H](n2ccc(NOCc3ccccc3)nc2=O)C(C)(O)C1O. The largest absolute Gasteiger partial charge is 0.463 e. The molecule has 4 N–H and O–H groups in total. The van der Waals surface area contributed by atoms with Crippen LogP contribution in [-0.4, -0.2) is 74.4 Å². The maximum absolute atomic E-state index is 14.3. The topological polar surface area (TPSA) is 206 Å². The number of ether oxygens (including phenoxy) is 3.